The van der Waals surface area contributed by atoms with E-state index >= 15 is 0 Å². The minimum absolute atomic E-state index is 0.565. The molecule has 0 aliphatic carbocycles. The van der Waals surface area contributed by atoms with E-state index in [-0.39, 0.29) is 0 Å². The number of isocyanates is 1. The number of rotatable bonds is 2. The van der Waals surface area contributed by atoms with E-state index in [0.717, 1.165) is 13.1 Å². The molecule has 0 spiro atoms. The molecule has 10 heavy (non-hydrogen) atoms. The van der Waals surface area contributed by atoms with E-state index in [1.54, 1.807) is 6.08 Å². The van der Waals surface area contributed by atoms with E-state index in [0.29, 0.717) is 12.5 Å². The van der Waals surface area contributed by atoms with E-state index in [2.05, 4.69) is 10.3 Å². The van der Waals surface area contributed by atoms with Crippen molar-refractivity contribution in [2.24, 2.45) is 10.9 Å². The lowest BCUT2D eigenvalue weighted by Gasteiger charge is -2.19. The minimum Gasteiger partial charge on any atom is -0.316 e. The standard InChI is InChI=1S/C7H12N2O/c10-6-9-5-7-2-1-3-8-4-7/h7-8H,1-5H2. The van der Waals surface area contributed by atoms with Gasteiger partial charge in [-0.1, -0.05) is 0 Å². The number of piperidine rings is 1. The van der Waals surface area contributed by atoms with Gasteiger partial charge < -0.3 is 5.32 Å². The molecule has 0 saturated carbocycles. The van der Waals surface area contributed by atoms with Crippen LogP contribution in [0.5, 0.6) is 0 Å². The Labute approximate surface area is 60.5 Å². The van der Waals surface area contributed by atoms with Gasteiger partial charge in [0.1, 0.15) is 0 Å². The van der Waals surface area contributed by atoms with Crippen LogP contribution in [0.2, 0.25) is 0 Å². The smallest absolute Gasteiger partial charge is 0.234 e. The molecule has 1 saturated heterocycles. The van der Waals surface area contributed by atoms with Crippen molar-refractivity contribution >= 4 is 6.08 Å². The van der Waals surface area contributed by atoms with Crippen LogP contribution >= 0.6 is 0 Å². The molecule has 56 valence electrons. The lowest BCUT2D eigenvalue weighted by atomic mass is 10.0. The summed E-state index contributed by atoms with van der Waals surface area (Å²) in [6, 6.07) is 0. The summed E-state index contributed by atoms with van der Waals surface area (Å²) in [5, 5.41) is 3.25. The van der Waals surface area contributed by atoms with Crippen LogP contribution < -0.4 is 5.32 Å². The van der Waals surface area contributed by atoms with E-state index in [9.17, 15) is 4.79 Å². The van der Waals surface area contributed by atoms with Crippen molar-refractivity contribution in [3.63, 3.8) is 0 Å². The van der Waals surface area contributed by atoms with Crippen LogP contribution in [0, 0.1) is 5.92 Å². The second-order valence-corrected chi connectivity index (χ2v) is 2.64. The van der Waals surface area contributed by atoms with Gasteiger partial charge in [0.05, 0.1) is 6.54 Å². The third kappa shape index (κ3) is 2.29. The first-order chi connectivity index (χ1) is 4.93. The molecule has 0 aromatic carbocycles. The first-order valence-electron chi connectivity index (χ1n) is 3.68. The van der Waals surface area contributed by atoms with Gasteiger partial charge in [-0.05, 0) is 31.8 Å². The first kappa shape index (κ1) is 7.45. The molecule has 0 aromatic rings. The van der Waals surface area contributed by atoms with Gasteiger partial charge in [0.25, 0.3) is 0 Å². The zero-order chi connectivity index (χ0) is 7.23. The highest BCUT2D eigenvalue weighted by Gasteiger charge is 2.11. The van der Waals surface area contributed by atoms with Gasteiger partial charge in [0.2, 0.25) is 6.08 Å². The third-order valence-electron chi connectivity index (χ3n) is 1.81. The maximum atomic E-state index is 9.74. The summed E-state index contributed by atoms with van der Waals surface area (Å²) in [4.78, 5) is 13.3. The van der Waals surface area contributed by atoms with E-state index < -0.39 is 0 Å². The zero-order valence-electron chi connectivity index (χ0n) is 5.97. The van der Waals surface area contributed by atoms with Gasteiger partial charge >= 0.3 is 0 Å². The van der Waals surface area contributed by atoms with Crippen molar-refractivity contribution in [3.8, 4) is 0 Å². The predicted molar refractivity (Wildman–Crippen MR) is 38.6 cm³/mol. The number of nitrogens with zero attached hydrogens (tertiary/aromatic N) is 1. The normalized spacial score (nSPS) is 25.4. The Morgan fingerprint density at radius 1 is 1.70 bits per heavy atom. The van der Waals surface area contributed by atoms with Crippen molar-refractivity contribution in [1.29, 1.82) is 0 Å². The fourth-order valence-electron chi connectivity index (χ4n) is 1.25. The lowest BCUT2D eigenvalue weighted by molar-refractivity contribution is 0.385. The number of nitrogens with one attached hydrogen (secondary N) is 1. The van der Waals surface area contributed by atoms with Crippen molar-refractivity contribution in [1.82, 2.24) is 5.32 Å². The van der Waals surface area contributed by atoms with Gasteiger partial charge in [-0.2, -0.15) is 0 Å². The molecule has 1 fully saturated rings. The molecule has 1 rings (SSSR count). The minimum atomic E-state index is 0.565. The Morgan fingerprint density at radius 2 is 2.60 bits per heavy atom. The zero-order valence-corrected chi connectivity index (χ0v) is 5.97. The monoisotopic (exact) mass is 140 g/mol. The summed E-state index contributed by atoms with van der Waals surface area (Å²) in [6.45, 7) is 2.77. The number of carbonyl (C=O) groups excluding carboxylic acids is 1. The van der Waals surface area contributed by atoms with Crippen molar-refractivity contribution in [2.45, 2.75) is 12.8 Å². The van der Waals surface area contributed by atoms with Crippen LogP contribution in [0.25, 0.3) is 0 Å². The van der Waals surface area contributed by atoms with Gasteiger partial charge in [0.15, 0.2) is 0 Å². The summed E-state index contributed by atoms with van der Waals surface area (Å²) < 4.78 is 0. The molecule has 0 radical (unpaired) electrons. The molecule has 3 heteroatoms. The summed E-state index contributed by atoms with van der Waals surface area (Å²) in [6.07, 6.45) is 3.96. The van der Waals surface area contributed by atoms with Crippen LogP contribution in [0.3, 0.4) is 0 Å². The van der Waals surface area contributed by atoms with Gasteiger partial charge in [-0.15, -0.1) is 0 Å². The maximum absolute atomic E-state index is 9.74. The van der Waals surface area contributed by atoms with Crippen LogP contribution in [0.15, 0.2) is 4.99 Å². The van der Waals surface area contributed by atoms with E-state index in [4.69, 9.17) is 0 Å². The summed E-state index contributed by atoms with van der Waals surface area (Å²) in [5.74, 6) is 0.565. The Morgan fingerprint density at radius 3 is 3.20 bits per heavy atom. The van der Waals surface area contributed by atoms with Crippen LogP contribution in [0.4, 0.5) is 0 Å². The third-order valence-corrected chi connectivity index (χ3v) is 1.81. The van der Waals surface area contributed by atoms with Crippen LogP contribution in [0.1, 0.15) is 12.8 Å². The molecule has 0 bridgehead atoms. The van der Waals surface area contributed by atoms with Gasteiger partial charge in [-0.3, -0.25) is 0 Å². The molecule has 0 amide bonds. The Bertz CT molecular complexity index is 135. The summed E-state index contributed by atoms with van der Waals surface area (Å²) >= 11 is 0. The quantitative estimate of drug-likeness (QED) is 0.443. The number of hydrogen-bond donors (Lipinski definition) is 1. The molecule has 1 unspecified atom stereocenters. The topological polar surface area (TPSA) is 41.5 Å². The molecule has 1 N–H and O–H groups in total. The summed E-state index contributed by atoms with van der Waals surface area (Å²) in [7, 11) is 0. The van der Waals surface area contributed by atoms with E-state index in [1.165, 1.54) is 12.8 Å². The molecule has 3 nitrogen and oxygen atoms in total. The van der Waals surface area contributed by atoms with Gasteiger partial charge in [0, 0.05) is 0 Å². The molecular weight excluding hydrogens is 128 g/mol. The lowest BCUT2D eigenvalue weighted by Crippen LogP contribution is -2.31. The molecule has 1 aliphatic heterocycles. The highest BCUT2D eigenvalue weighted by molar-refractivity contribution is 5.32. The molecular formula is C7H12N2O. The molecule has 1 heterocycles. The first-order valence-corrected chi connectivity index (χ1v) is 3.68. The Hall–Kier alpha value is -0.660. The fourth-order valence-corrected chi connectivity index (χ4v) is 1.25. The van der Waals surface area contributed by atoms with Gasteiger partial charge in [-0.25, -0.2) is 9.79 Å². The predicted octanol–water partition coefficient (Wildman–Crippen LogP) is 0.322. The Balaban J connectivity index is 2.19. The average Bonchev–Trinajstić information content (AvgIpc) is 2.03. The SMILES string of the molecule is O=C=NCC1CCCNC1. The van der Waals surface area contributed by atoms with Crippen molar-refractivity contribution < 1.29 is 4.79 Å². The molecule has 1 atom stereocenters. The van der Waals surface area contributed by atoms with Crippen LogP contribution in [-0.4, -0.2) is 25.7 Å². The number of aliphatic imine (C=N–C) groups is 1. The molecule has 0 aromatic heterocycles. The fraction of sp³-hybridized carbons (Fsp3) is 0.857. The summed E-state index contributed by atoms with van der Waals surface area (Å²) in [5.41, 5.74) is 0. The second kappa shape index (κ2) is 4.20. The second-order valence-electron chi connectivity index (χ2n) is 2.64. The van der Waals surface area contributed by atoms with Crippen molar-refractivity contribution in [2.75, 3.05) is 19.6 Å². The highest BCUT2D eigenvalue weighted by Crippen LogP contribution is 2.08. The number of hydrogen-bond acceptors (Lipinski definition) is 3. The molecule has 1 aliphatic rings. The van der Waals surface area contributed by atoms with E-state index in [1.807, 2.05) is 0 Å². The van der Waals surface area contributed by atoms with Crippen LogP contribution in [-0.2, 0) is 4.79 Å². The highest BCUT2D eigenvalue weighted by atomic mass is 16.1. The largest absolute Gasteiger partial charge is 0.316 e. The van der Waals surface area contributed by atoms with Crippen molar-refractivity contribution in [3.05, 3.63) is 0 Å². The Kier molecular flexibility index (Phi) is 3.13. The average molecular weight is 140 g/mol. The maximum Gasteiger partial charge on any atom is 0.234 e.